The smallest absolute Gasteiger partial charge is 0.362 e. The average molecular weight is 310 g/mol. The van der Waals surface area contributed by atoms with Crippen LogP contribution in [0.25, 0.3) is 22.3 Å². The fourth-order valence-electron chi connectivity index (χ4n) is 2.31. The molecule has 0 aliphatic rings. The van der Waals surface area contributed by atoms with E-state index in [1.165, 1.54) is 28.3 Å². The van der Waals surface area contributed by atoms with Gasteiger partial charge in [-0.25, -0.2) is 14.5 Å². The summed E-state index contributed by atoms with van der Waals surface area (Å²) in [6.07, 6.45) is 4.10. The summed E-state index contributed by atoms with van der Waals surface area (Å²) in [6, 6.07) is 6.70. The van der Waals surface area contributed by atoms with Crippen molar-refractivity contribution in [2.24, 2.45) is 0 Å². The van der Waals surface area contributed by atoms with Crippen LogP contribution in [0.1, 0.15) is 5.69 Å². The summed E-state index contributed by atoms with van der Waals surface area (Å²) in [5.74, 6) is 0. The number of benzene rings is 1. The van der Waals surface area contributed by atoms with Crippen molar-refractivity contribution in [3.63, 3.8) is 0 Å². The van der Waals surface area contributed by atoms with Crippen LogP contribution in [0, 0.1) is 12.1 Å². The van der Waals surface area contributed by atoms with Gasteiger partial charge < -0.3 is 9.62 Å². The molecular weight excluding hydrogens is 300 g/mol. The minimum atomic E-state index is -0.549. The van der Waals surface area contributed by atoms with Gasteiger partial charge in [0.2, 0.25) is 5.69 Å². The Morgan fingerprint density at radius 1 is 1.30 bits per heavy atom. The zero-order valence-corrected chi connectivity index (χ0v) is 11.9. The highest BCUT2D eigenvalue weighted by atomic mass is 16.5. The van der Waals surface area contributed by atoms with Gasteiger partial charge in [0.25, 0.3) is 0 Å². The molecule has 0 N–H and O–H groups in total. The third-order valence-corrected chi connectivity index (χ3v) is 3.33. The highest BCUT2D eigenvalue weighted by Crippen LogP contribution is 2.18. The summed E-state index contributed by atoms with van der Waals surface area (Å²) in [7, 11) is 0. The van der Waals surface area contributed by atoms with Crippen molar-refractivity contribution in [3.8, 4) is 11.4 Å². The lowest BCUT2D eigenvalue weighted by Gasteiger charge is -2.05. The molecule has 0 saturated heterocycles. The zero-order valence-electron chi connectivity index (χ0n) is 11.9. The first kappa shape index (κ1) is 13.2. The molecule has 3 aromatic heterocycles. The topological polar surface area (TPSA) is 106 Å². The van der Waals surface area contributed by atoms with Gasteiger partial charge in [-0.05, 0) is 23.0 Å². The zero-order chi connectivity index (χ0) is 16.0. The Morgan fingerprint density at radius 3 is 2.87 bits per heavy atom. The van der Waals surface area contributed by atoms with E-state index in [1.54, 1.807) is 31.2 Å². The first-order valence-corrected chi connectivity index (χ1v) is 6.71. The number of fused-ring (bicyclic) bond motifs is 1. The van der Waals surface area contributed by atoms with Gasteiger partial charge in [0.05, 0.1) is 0 Å². The Balaban J connectivity index is 1.89. The molecule has 114 valence electrons. The maximum absolute atomic E-state index is 12.1. The quantitative estimate of drug-likeness (QED) is 0.303. The van der Waals surface area contributed by atoms with E-state index in [9.17, 15) is 10.0 Å². The number of hydrogen-bond acceptors (Lipinski definition) is 6. The molecule has 0 bridgehead atoms. The summed E-state index contributed by atoms with van der Waals surface area (Å²) in [4.78, 5) is 17.7. The van der Waals surface area contributed by atoms with Crippen LogP contribution in [-0.2, 0) is 0 Å². The van der Waals surface area contributed by atoms with Crippen molar-refractivity contribution in [1.82, 2.24) is 24.7 Å². The molecule has 0 atom stereocenters. The van der Waals surface area contributed by atoms with Crippen molar-refractivity contribution in [2.75, 3.05) is 0 Å². The molecule has 4 rings (SSSR count). The van der Waals surface area contributed by atoms with Crippen molar-refractivity contribution in [3.05, 3.63) is 64.4 Å². The molecule has 0 aliphatic carbocycles. The summed E-state index contributed by atoms with van der Waals surface area (Å²) in [6.45, 7) is 1.72. The van der Waals surface area contributed by atoms with Crippen molar-refractivity contribution >= 4 is 11.0 Å². The molecule has 23 heavy (non-hydrogen) atoms. The van der Waals surface area contributed by atoms with Gasteiger partial charge in [-0.1, -0.05) is 0 Å². The normalized spacial score (nSPS) is 11.2. The molecule has 4 aromatic rings. The minimum absolute atomic E-state index is 0.261. The second kappa shape index (κ2) is 4.77. The van der Waals surface area contributed by atoms with Crippen LogP contribution >= 0.6 is 0 Å². The molecule has 0 fully saturated rings. The molecule has 0 spiro atoms. The second-order valence-electron chi connectivity index (χ2n) is 4.94. The van der Waals surface area contributed by atoms with Gasteiger partial charge in [0.1, 0.15) is 23.9 Å². The number of nitrogens with zero attached hydrogens (tertiary/aromatic N) is 6. The lowest BCUT2D eigenvalue weighted by molar-refractivity contribution is -0.688. The predicted molar refractivity (Wildman–Crippen MR) is 78.2 cm³/mol. The average Bonchev–Trinajstić information content (AvgIpc) is 3.15. The Morgan fingerprint density at radius 2 is 2.17 bits per heavy atom. The molecule has 3 heterocycles. The Labute approximate surface area is 128 Å². The summed E-state index contributed by atoms with van der Waals surface area (Å²) in [5.41, 5.74) is 1.15. The molecule has 0 aliphatic heterocycles. The largest absolute Gasteiger partial charge is 0.692 e. The maximum Gasteiger partial charge on any atom is 0.362 e. The molecule has 9 heteroatoms. The first-order valence-electron chi connectivity index (χ1n) is 6.71. The van der Waals surface area contributed by atoms with E-state index in [0.29, 0.717) is 27.2 Å². The summed E-state index contributed by atoms with van der Waals surface area (Å²) < 4.78 is 6.66. The molecule has 0 radical (unpaired) electrons. The lowest BCUT2D eigenvalue weighted by atomic mass is 10.2. The van der Waals surface area contributed by atoms with Crippen LogP contribution in [-0.4, -0.2) is 24.7 Å². The minimum Gasteiger partial charge on any atom is -0.692 e. The van der Waals surface area contributed by atoms with Crippen LogP contribution in [0.15, 0.2) is 52.3 Å². The van der Waals surface area contributed by atoms with E-state index in [4.69, 9.17) is 4.42 Å². The third-order valence-electron chi connectivity index (χ3n) is 3.33. The van der Waals surface area contributed by atoms with Gasteiger partial charge >= 0.3 is 5.63 Å². The number of aromatic nitrogens is 6. The molecule has 9 nitrogen and oxygen atoms in total. The SMILES string of the molecule is Cc1c[n+]([O-])n(-c2ccc3cc(-n4cncn4)c(=O)oc3c2)n1. The summed E-state index contributed by atoms with van der Waals surface area (Å²) >= 11 is 0. The lowest BCUT2D eigenvalue weighted by Crippen LogP contribution is -2.36. The second-order valence-corrected chi connectivity index (χ2v) is 4.94. The van der Waals surface area contributed by atoms with E-state index in [2.05, 4.69) is 15.2 Å². The highest BCUT2D eigenvalue weighted by Gasteiger charge is 2.13. The molecule has 0 saturated carbocycles. The van der Waals surface area contributed by atoms with E-state index in [-0.39, 0.29) is 5.69 Å². The molecular formula is C14H10N6O3. The standard InChI is InChI=1S/C14H10N6O3/c1-9-6-19(22)20(17-9)11-3-2-10-4-12(18-8-15-7-16-18)14(21)23-13(10)5-11/h2-8H,1H3. The highest BCUT2D eigenvalue weighted by molar-refractivity contribution is 5.80. The van der Waals surface area contributed by atoms with Crippen LogP contribution < -0.4 is 10.5 Å². The van der Waals surface area contributed by atoms with Crippen LogP contribution in [0.5, 0.6) is 0 Å². The van der Waals surface area contributed by atoms with Gasteiger partial charge in [0, 0.05) is 23.5 Å². The monoisotopic (exact) mass is 310 g/mol. The Bertz CT molecular complexity index is 1060. The van der Waals surface area contributed by atoms with Crippen LogP contribution in [0.4, 0.5) is 0 Å². The van der Waals surface area contributed by atoms with E-state index >= 15 is 0 Å². The van der Waals surface area contributed by atoms with Crippen molar-refractivity contribution in [2.45, 2.75) is 6.92 Å². The van der Waals surface area contributed by atoms with Gasteiger partial charge in [0.15, 0.2) is 11.9 Å². The van der Waals surface area contributed by atoms with Crippen molar-refractivity contribution < 1.29 is 9.26 Å². The van der Waals surface area contributed by atoms with E-state index < -0.39 is 5.63 Å². The summed E-state index contributed by atoms with van der Waals surface area (Å²) in [5, 5.41) is 20.5. The molecule has 0 amide bonds. The van der Waals surface area contributed by atoms with E-state index in [1.807, 2.05) is 0 Å². The Hall–Kier alpha value is -3.49. The molecule has 1 aromatic carbocycles. The first-order chi connectivity index (χ1) is 11.1. The molecule has 0 unspecified atom stereocenters. The maximum atomic E-state index is 12.1. The van der Waals surface area contributed by atoms with Gasteiger partial charge in [-0.2, -0.15) is 9.94 Å². The van der Waals surface area contributed by atoms with E-state index in [0.717, 1.165) is 0 Å². The number of rotatable bonds is 2. The fourth-order valence-corrected chi connectivity index (χ4v) is 2.31. The fraction of sp³-hybridized carbons (Fsp3) is 0.0714. The van der Waals surface area contributed by atoms with Gasteiger partial charge in [-0.15, -0.1) is 0 Å². The van der Waals surface area contributed by atoms with Crippen molar-refractivity contribution in [1.29, 1.82) is 0 Å². The third kappa shape index (κ3) is 2.14. The number of hydrogen-bond donors (Lipinski definition) is 0. The van der Waals surface area contributed by atoms with Gasteiger partial charge in [-0.3, -0.25) is 0 Å². The Kier molecular flexibility index (Phi) is 2.73. The van der Waals surface area contributed by atoms with Crippen LogP contribution in [0.2, 0.25) is 0 Å². The van der Waals surface area contributed by atoms with Crippen LogP contribution in [0.3, 0.4) is 0 Å². The predicted octanol–water partition coefficient (Wildman–Crippen LogP) is 0.501. The number of aryl methyl sites for hydroxylation is 1.